The van der Waals surface area contributed by atoms with Gasteiger partial charge in [-0.1, -0.05) is 6.07 Å². The second-order valence-corrected chi connectivity index (χ2v) is 4.42. The molecule has 1 aromatic heterocycles. The Morgan fingerprint density at radius 2 is 2.31 bits per heavy atom. The highest BCUT2D eigenvalue weighted by molar-refractivity contribution is 5.91. The van der Waals surface area contributed by atoms with Crippen LogP contribution in [0, 0.1) is 12.8 Å². The number of rotatable bonds is 2. The van der Waals surface area contributed by atoms with Crippen LogP contribution in [0.3, 0.4) is 0 Å². The number of hydrogen-bond acceptors (Lipinski definition) is 3. The fourth-order valence-electron chi connectivity index (χ4n) is 2.10. The maximum Gasteiger partial charge on any atom is 0.228 e. The zero-order chi connectivity index (χ0) is 11.5. The van der Waals surface area contributed by atoms with Crippen molar-refractivity contribution in [1.82, 2.24) is 4.98 Å². The van der Waals surface area contributed by atoms with E-state index in [1.165, 1.54) is 0 Å². The highest BCUT2D eigenvalue weighted by atomic mass is 16.1. The van der Waals surface area contributed by atoms with E-state index in [1.807, 2.05) is 19.1 Å². The van der Waals surface area contributed by atoms with Gasteiger partial charge in [0, 0.05) is 17.7 Å². The first kappa shape index (κ1) is 11.1. The monoisotopic (exact) mass is 219 g/mol. The molecule has 1 heterocycles. The molecule has 1 fully saturated rings. The molecule has 4 heteroatoms. The number of nitrogens with two attached hydrogens (primary N) is 1. The molecule has 0 spiro atoms. The predicted octanol–water partition coefficient (Wildman–Crippen LogP) is 1.46. The summed E-state index contributed by atoms with van der Waals surface area (Å²) in [4.78, 5) is 16.1. The number of pyridine rings is 1. The van der Waals surface area contributed by atoms with Crippen LogP contribution in [0.1, 0.15) is 25.0 Å². The number of amides is 1. The van der Waals surface area contributed by atoms with Crippen LogP contribution in [0.5, 0.6) is 0 Å². The summed E-state index contributed by atoms with van der Waals surface area (Å²) in [7, 11) is 0. The summed E-state index contributed by atoms with van der Waals surface area (Å²) in [6.07, 6.45) is 2.62. The summed E-state index contributed by atoms with van der Waals surface area (Å²) in [5.74, 6) is 0.730. The lowest BCUT2D eigenvalue weighted by Gasteiger charge is -2.10. The summed E-state index contributed by atoms with van der Waals surface area (Å²) in [6, 6.07) is 5.78. The van der Waals surface area contributed by atoms with Crippen molar-refractivity contribution in [3.8, 4) is 0 Å². The number of hydrogen-bond donors (Lipinski definition) is 2. The molecular formula is C12H17N3O. The Morgan fingerprint density at radius 3 is 2.94 bits per heavy atom. The summed E-state index contributed by atoms with van der Waals surface area (Å²) >= 11 is 0. The maximum absolute atomic E-state index is 11.9. The topological polar surface area (TPSA) is 68.0 Å². The summed E-state index contributed by atoms with van der Waals surface area (Å²) in [5, 5.41) is 2.84. The third-order valence-corrected chi connectivity index (χ3v) is 2.98. The second-order valence-electron chi connectivity index (χ2n) is 4.42. The zero-order valence-electron chi connectivity index (χ0n) is 9.44. The summed E-state index contributed by atoms with van der Waals surface area (Å²) in [5.41, 5.74) is 6.69. The number of carbonyl (C=O) groups excluding carboxylic acids is 1. The van der Waals surface area contributed by atoms with Gasteiger partial charge in [-0.3, -0.25) is 4.79 Å². The highest BCUT2D eigenvalue weighted by Gasteiger charge is 2.27. The molecule has 0 radical (unpaired) electrons. The van der Waals surface area contributed by atoms with Gasteiger partial charge in [0.1, 0.15) is 5.82 Å². The molecule has 2 unspecified atom stereocenters. The number of aromatic nitrogens is 1. The Morgan fingerprint density at radius 1 is 1.50 bits per heavy atom. The smallest absolute Gasteiger partial charge is 0.228 e. The molecule has 0 saturated heterocycles. The van der Waals surface area contributed by atoms with Crippen molar-refractivity contribution in [3.63, 3.8) is 0 Å². The van der Waals surface area contributed by atoms with E-state index in [0.29, 0.717) is 5.82 Å². The molecule has 1 amide bonds. The van der Waals surface area contributed by atoms with E-state index >= 15 is 0 Å². The maximum atomic E-state index is 11.9. The molecule has 1 aliphatic carbocycles. The molecule has 2 rings (SSSR count). The number of aryl methyl sites for hydroxylation is 1. The van der Waals surface area contributed by atoms with Crippen molar-refractivity contribution < 1.29 is 4.79 Å². The van der Waals surface area contributed by atoms with Crippen LogP contribution in [-0.4, -0.2) is 16.9 Å². The first-order chi connectivity index (χ1) is 7.65. The minimum atomic E-state index is 0.0473. The Bertz CT molecular complexity index is 392. The highest BCUT2D eigenvalue weighted by Crippen LogP contribution is 2.25. The van der Waals surface area contributed by atoms with Gasteiger partial charge < -0.3 is 11.1 Å². The molecule has 1 aliphatic rings. The van der Waals surface area contributed by atoms with Gasteiger partial charge in [-0.2, -0.15) is 0 Å². The third-order valence-electron chi connectivity index (χ3n) is 2.98. The predicted molar refractivity (Wildman–Crippen MR) is 62.9 cm³/mol. The van der Waals surface area contributed by atoms with E-state index in [9.17, 15) is 4.79 Å². The van der Waals surface area contributed by atoms with Crippen LogP contribution in [0.25, 0.3) is 0 Å². The van der Waals surface area contributed by atoms with E-state index in [2.05, 4.69) is 10.3 Å². The standard InChI is InChI=1S/C12H17N3O/c1-8-3-2-4-11(14-8)15-12(16)9-5-6-10(13)7-9/h2-4,9-10H,5-7,13H2,1H3,(H,14,15,16). The van der Waals surface area contributed by atoms with Crippen molar-refractivity contribution in [1.29, 1.82) is 0 Å². The molecule has 4 nitrogen and oxygen atoms in total. The van der Waals surface area contributed by atoms with Crippen LogP contribution in [0.15, 0.2) is 18.2 Å². The Labute approximate surface area is 95.3 Å². The van der Waals surface area contributed by atoms with Gasteiger partial charge in [0.15, 0.2) is 0 Å². The van der Waals surface area contributed by atoms with Gasteiger partial charge >= 0.3 is 0 Å². The van der Waals surface area contributed by atoms with Crippen LogP contribution in [-0.2, 0) is 4.79 Å². The van der Waals surface area contributed by atoms with Gasteiger partial charge in [0.2, 0.25) is 5.91 Å². The molecule has 86 valence electrons. The minimum absolute atomic E-state index is 0.0473. The molecule has 16 heavy (non-hydrogen) atoms. The Hall–Kier alpha value is -1.42. The number of anilines is 1. The van der Waals surface area contributed by atoms with Gasteiger partial charge in [-0.15, -0.1) is 0 Å². The van der Waals surface area contributed by atoms with Crippen LogP contribution >= 0.6 is 0 Å². The quantitative estimate of drug-likeness (QED) is 0.791. The van der Waals surface area contributed by atoms with Crippen molar-refractivity contribution in [3.05, 3.63) is 23.9 Å². The van der Waals surface area contributed by atoms with E-state index in [1.54, 1.807) is 6.07 Å². The van der Waals surface area contributed by atoms with Crippen molar-refractivity contribution in [2.45, 2.75) is 32.2 Å². The number of nitrogens with one attached hydrogen (secondary N) is 1. The van der Waals surface area contributed by atoms with Crippen LogP contribution < -0.4 is 11.1 Å². The van der Waals surface area contributed by atoms with E-state index < -0.39 is 0 Å². The largest absolute Gasteiger partial charge is 0.328 e. The fourth-order valence-corrected chi connectivity index (χ4v) is 2.10. The number of nitrogens with zero attached hydrogens (tertiary/aromatic N) is 1. The van der Waals surface area contributed by atoms with Crippen molar-refractivity contribution >= 4 is 11.7 Å². The molecular weight excluding hydrogens is 202 g/mol. The fraction of sp³-hybridized carbons (Fsp3) is 0.500. The lowest BCUT2D eigenvalue weighted by molar-refractivity contribution is -0.119. The Kier molecular flexibility index (Phi) is 3.19. The third kappa shape index (κ3) is 2.58. The van der Waals surface area contributed by atoms with Gasteiger partial charge in [0.25, 0.3) is 0 Å². The molecule has 0 bridgehead atoms. The lowest BCUT2D eigenvalue weighted by Crippen LogP contribution is -2.23. The van der Waals surface area contributed by atoms with Gasteiger partial charge in [-0.25, -0.2) is 4.98 Å². The second kappa shape index (κ2) is 4.61. The average Bonchev–Trinajstić information content (AvgIpc) is 2.65. The molecule has 0 aromatic carbocycles. The summed E-state index contributed by atoms with van der Waals surface area (Å²) in [6.45, 7) is 1.90. The first-order valence-electron chi connectivity index (χ1n) is 5.65. The van der Waals surface area contributed by atoms with Crippen LogP contribution in [0.4, 0.5) is 5.82 Å². The minimum Gasteiger partial charge on any atom is -0.328 e. The summed E-state index contributed by atoms with van der Waals surface area (Å²) < 4.78 is 0. The zero-order valence-corrected chi connectivity index (χ0v) is 9.44. The molecule has 2 atom stereocenters. The molecule has 1 saturated carbocycles. The molecule has 0 aliphatic heterocycles. The molecule has 3 N–H and O–H groups in total. The van der Waals surface area contributed by atoms with E-state index in [4.69, 9.17) is 5.73 Å². The van der Waals surface area contributed by atoms with E-state index in [-0.39, 0.29) is 17.9 Å². The van der Waals surface area contributed by atoms with Crippen molar-refractivity contribution in [2.75, 3.05) is 5.32 Å². The normalized spacial score (nSPS) is 24.4. The molecule has 1 aromatic rings. The Balaban J connectivity index is 1.97. The van der Waals surface area contributed by atoms with Gasteiger partial charge in [0.05, 0.1) is 0 Å². The SMILES string of the molecule is Cc1cccc(NC(=O)C2CCC(N)C2)n1. The average molecular weight is 219 g/mol. The van der Waals surface area contributed by atoms with E-state index in [0.717, 1.165) is 25.0 Å². The lowest BCUT2D eigenvalue weighted by atomic mass is 10.1. The van der Waals surface area contributed by atoms with Crippen LogP contribution in [0.2, 0.25) is 0 Å². The van der Waals surface area contributed by atoms with Crippen molar-refractivity contribution in [2.24, 2.45) is 11.7 Å². The van der Waals surface area contributed by atoms with Gasteiger partial charge in [-0.05, 0) is 38.3 Å². The first-order valence-corrected chi connectivity index (χ1v) is 5.65. The number of carbonyl (C=O) groups is 1.